The molecule has 0 aliphatic heterocycles. The van der Waals surface area contributed by atoms with Crippen LogP contribution < -0.4 is 0 Å². The van der Waals surface area contributed by atoms with Gasteiger partial charge in [0.25, 0.3) is 0 Å². The molecule has 1 heterocycles. The molecule has 15 heavy (non-hydrogen) atoms. The Labute approximate surface area is 89.5 Å². The Morgan fingerprint density at radius 2 is 2.07 bits per heavy atom. The van der Waals surface area contributed by atoms with Crippen molar-refractivity contribution in [2.45, 2.75) is 27.3 Å². The summed E-state index contributed by atoms with van der Waals surface area (Å²) in [6.45, 7) is 8.60. The summed E-state index contributed by atoms with van der Waals surface area (Å²) in [6, 6.07) is 1.61. The quantitative estimate of drug-likeness (QED) is 0.810. The molecule has 0 unspecified atom stereocenters. The zero-order valence-electron chi connectivity index (χ0n) is 9.41. The van der Waals surface area contributed by atoms with Crippen molar-refractivity contribution >= 4 is 5.97 Å². The summed E-state index contributed by atoms with van der Waals surface area (Å²) in [6.07, 6.45) is 0. The highest BCUT2D eigenvalue weighted by Gasteiger charge is 2.14. The van der Waals surface area contributed by atoms with Gasteiger partial charge in [0.05, 0.1) is 0 Å². The van der Waals surface area contributed by atoms with Gasteiger partial charge >= 0.3 is 5.97 Å². The molecule has 0 aliphatic rings. The standard InChI is InChI=1S/C11H17NO3/c1-4-12(5-2)7-9-6-10(11(13)14)15-8(9)3/h6H,4-5,7H2,1-3H3,(H,13,14). The van der Waals surface area contributed by atoms with Gasteiger partial charge in [-0.1, -0.05) is 13.8 Å². The van der Waals surface area contributed by atoms with Crippen molar-refractivity contribution in [2.75, 3.05) is 13.1 Å². The maximum absolute atomic E-state index is 10.7. The van der Waals surface area contributed by atoms with Crippen LogP contribution in [0.5, 0.6) is 0 Å². The lowest BCUT2D eigenvalue weighted by molar-refractivity contribution is 0.0661. The SMILES string of the molecule is CCN(CC)Cc1cc(C(=O)O)oc1C. The third-order valence-corrected chi connectivity index (χ3v) is 2.52. The van der Waals surface area contributed by atoms with Crippen LogP contribution in [0.3, 0.4) is 0 Å². The van der Waals surface area contributed by atoms with Gasteiger partial charge in [-0.15, -0.1) is 0 Å². The van der Waals surface area contributed by atoms with E-state index in [2.05, 4.69) is 18.7 Å². The molecule has 0 spiro atoms. The van der Waals surface area contributed by atoms with Crippen LogP contribution in [0.15, 0.2) is 10.5 Å². The highest BCUT2D eigenvalue weighted by atomic mass is 16.4. The number of furan rings is 1. The number of hydrogen-bond donors (Lipinski definition) is 1. The summed E-state index contributed by atoms with van der Waals surface area (Å²) in [5.74, 6) is -0.294. The van der Waals surface area contributed by atoms with E-state index in [0.29, 0.717) is 5.76 Å². The fourth-order valence-electron chi connectivity index (χ4n) is 1.47. The first kappa shape index (κ1) is 11.8. The Balaban J connectivity index is 2.81. The maximum Gasteiger partial charge on any atom is 0.371 e. The molecule has 0 aliphatic carbocycles. The predicted octanol–water partition coefficient (Wildman–Crippen LogP) is 2.13. The van der Waals surface area contributed by atoms with Crippen molar-refractivity contribution in [1.29, 1.82) is 0 Å². The molecule has 0 saturated carbocycles. The third-order valence-electron chi connectivity index (χ3n) is 2.52. The second kappa shape index (κ2) is 4.98. The molecule has 1 aromatic heterocycles. The molecule has 0 saturated heterocycles. The molecule has 0 atom stereocenters. The molecule has 1 N–H and O–H groups in total. The van der Waals surface area contributed by atoms with E-state index in [4.69, 9.17) is 9.52 Å². The summed E-state index contributed by atoms with van der Waals surface area (Å²) < 4.78 is 5.14. The van der Waals surface area contributed by atoms with Gasteiger partial charge in [0, 0.05) is 12.1 Å². The predicted molar refractivity (Wildman–Crippen MR) is 57.0 cm³/mol. The fraction of sp³-hybridized carbons (Fsp3) is 0.545. The van der Waals surface area contributed by atoms with E-state index in [1.165, 1.54) is 0 Å². The summed E-state index contributed by atoms with van der Waals surface area (Å²) in [5.41, 5.74) is 0.955. The number of carbonyl (C=O) groups is 1. The van der Waals surface area contributed by atoms with Crippen LogP contribution >= 0.6 is 0 Å². The van der Waals surface area contributed by atoms with Crippen LogP contribution in [0.1, 0.15) is 35.7 Å². The van der Waals surface area contributed by atoms with Crippen molar-refractivity contribution in [3.63, 3.8) is 0 Å². The first-order valence-corrected chi connectivity index (χ1v) is 5.13. The number of nitrogens with zero attached hydrogens (tertiary/aromatic N) is 1. The molecule has 0 fully saturated rings. The lowest BCUT2D eigenvalue weighted by Crippen LogP contribution is -2.22. The van der Waals surface area contributed by atoms with E-state index in [1.54, 1.807) is 13.0 Å². The van der Waals surface area contributed by atoms with Gasteiger partial charge in [-0.2, -0.15) is 0 Å². The van der Waals surface area contributed by atoms with Gasteiger partial charge in [-0.3, -0.25) is 4.90 Å². The molecule has 0 radical (unpaired) electrons. The van der Waals surface area contributed by atoms with Gasteiger partial charge in [0.1, 0.15) is 5.76 Å². The van der Waals surface area contributed by atoms with Crippen LogP contribution in [-0.4, -0.2) is 29.1 Å². The van der Waals surface area contributed by atoms with Gasteiger partial charge in [-0.25, -0.2) is 4.79 Å². The second-order valence-corrected chi connectivity index (χ2v) is 3.46. The summed E-state index contributed by atoms with van der Waals surface area (Å²) in [4.78, 5) is 12.9. The van der Waals surface area contributed by atoms with Crippen LogP contribution in [0.4, 0.5) is 0 Å². The average Bonchev–Trinajstić information content (AvgIpc) is 2.56. The molecule has 1 aromatic rings. The molecule has 0 bridgehead atoms. The highest BCUT2D eigenvalue weighted by molar-refractivity contribution is 5.84. The van der Waals surface area contributed by atoms with Crippen LogP contribution in [0.2, 0.25) is 0 Å². The molecule has 0 aromatic carbocycles. The minimum absolute atomic E-state index is 0.0228. The Bertz CT molecular complexity index is 340. The third kappa shape index (κ3) is 2.83. The minimum atomic E-state index is -1.01. The Kier molecular flexibility index (Phi) is 3.91. The highest BCUT2D eigenvalue weighted by Crippen LogP contribution is 2.16. The zero-order valence-corrected chi connectivity index (χ0v) is 9.41. The largest absolute Gasteiger partial charge is 0.475 e. The van der Waals surface area contributed by atoms with Gasteiger partial charge in [0.15, 0.2) is 0 Å². The zero-order chi connectivity index (χ0) is 11.4. The molecule has 1 rings (SSSR count). The van der Waals surface area contributed by atoms with Crippen molar-refractivity contribution in [3.8, 4) is 0 Å². The van der Waals surface area contributed by atoms with E-state index >= 15 is 0 Å². The maximum atomic E-state index is 10.7. The molecule has 0 amide bonds. The fourth-order valence-corrected chi connectivity index (χ4v) is 1.47. The number of aromatic carboxylic acids is 1. The molecule has 4 heteroatoms. The van der Waals surface area contributed by atoms with E-state index in [-0.39, 0.29) is 5.76 Å². The Morgan fingerprint density at radius 1 is 1.47 bits per heavy atom. The number of aryl methyl sites for hydroxylation is 1. The Hall–Kier alpha value is -1.29. The van der Waals surface area contributed by atoms with E-state index in [0.717, 1.165) is 25.2 Å². The first-order valence-electron chi connectivity index (χ1n) is 5.13. The van der Waals surface area contributed by atoms with E-state index < -0.39 is 5.97 Å². The number of rotatable bonds is 5. The molecular weight excluding hydrogens is 194 g/mol. The molecule has 4 nitrogen and oxygen atoms in total. The smallest absolute Gasteiger partial charge is 0.371 e. The molecular formula is C11H17NO3. The average molecular weight is 211 g/mol. The first-order chi connectivity index (χ1) is 7.08. The normalized spacial score (nSPS) is 10.9. The summed E-state index contributed by atoms with van der Waals surface area (Å²) in [5, 5.41) is 8.76. The Morgan fingerprint density at radius 3 is 2.47 bits per heavy atom. The summed E-state index contributed by atoms with van der Waals surface area (Å²) in [7, 11) is 0. The van der Waals surface area contributed by atoms with Crippen molar-refractivity contribution in [2.24, 2.45) is 0 Å². The monoisotopic (exact) mass is 211 g/mol. The van der Waals surface area contributed by atoms with Crippen LogP contribution in [0, 0.1) is 6.92 Å². The number of carboxylic acid groups (broad SMARTS) is 1. The molecule has 84 valence electrons. The van der Waals surface area contributed by atoms with Crippen molar-refractivity contribution in [1.82, 2.24) is 4.90 Å². The minimum Gasteiger partial charge on any atom is -0.475 e. The number of carboxylic acids is 1. The van der Waals surface area contributed by atoms with Crippen molar-refractivity contribution in [3.05, 3.63) is 23.2 Å². The van der Waals surface area contributed by atoms with Gasteiger partial charge in [0.2, 0.25) is 5.76 Å². The van der Waals surface area contributed by atoms with Gasteiger partial charge in [-0.05, 0) is 26.1 Å². The van der Waals surface area contributed by atoms with Crippen LogP contribution in [-0.2, 0) is 6.54 Å². The topological polar surface area (TPSA) is 53.7 Å². The second-order valence-electron chi connectivity index (χ2n) is 3.46. The van der Waals surface area contributed by atoms with E-state index in [1.807, 2.05) is 0 Å². The van der Waals surface area contributed by atoms with Crippen molar-refractivity contribution < 1.29 is 14.3 Å². The summed E-state index contributed by atoms with van der Waals surface area (Å²) >= 11 is 0. The lowest BCUT2D eigenvalue weighted by atomic mass is 10.2. The van der Waals surface area contributed by atoms with E-state index in [9.17, 15) is 4.79 Å². The van der Waals surface area contributed by atoms with Crippen LogP contribution in [0.25, 0.3) is 0 Å². The number of hydrogen-bond acceptors (Lipinski definition) is 3. The van der Waals surface area contributed by atoms with Gasteiger partial charge < -0.3 is 9.52 Å². The lowest BCUT2D eigenvalue weighted by Gasteiger charge is -2.16.